The van der Waals surface area contributed by atoms with E-state index in [1.165, 1.54) is 0 Å². The molecule has 2 unspecified atom stereocenters. The molecule has 0 aromatic carbocycles. The summed E-state index contributed by atoms with van der Waals surface area (Å²) in [6.07, 6.45) is -5.40. The highest BCUT2D eigenvalue weighted by atomic mass is 31.3. The van der Waals surface area contributed by atoms with E-state index in [1.54, 1.807) is 0 Å². The Labute approximate surface area is 175 Å². The molecule has 22 heteroatoms. The molecule has 19 nitrogen and oxygen atoms in total. The molecule has 3 rings (SSSR count). The molecule has 1 fully saturated rings. The van der Waals surface area contributed by atoms with Crippen LogP contribution in [-0.2, 0) is 36.5 Å². The van der Waals surface area contributed by atoms with Crippen LogP contribution in [0.1, 0.15) is 6.23 Å². The third-order valence-corrected chi connectivity index (χ3v) is 7.63. The van der Waals surface area contributed by atoms with Crippen molar-refractivity contribution in [1.29, 1.82) is 0 Å². The van der Waals surface area contributed by atoms with E-state index < -0.39 is 60.2 Å². The monoisotopic (exact) mass is 522 g/mol. The third-order valence-electron chi connectivity index (χ3n) is 3.87. The maximum Gasteiger partial charge on any atom is 0.520 e. The molecule has 32 heavy (non-hydrogen) atoms. The molecular formula is C10H15N5O14P3. The van der Waals surface area contributed by atoms with Crippen LogP contribution in [0, 0.1) is 0 Å². The highest BCUT2D eigenvalue weighted by Gasteiger charge is 2.47. The van der Waals surface area contributed by atoms with E-state index in [2.05, 4.69) is 28.1 Å². The number of hydrogen-bond acceptors (Lipinski definition) is 13. The number of imidazole rings is 1. The minimum Gasteiger partial charge on any atom is -0.387 e. The molecule has 179 valence electrons. The molecule has 6 atom stereocenters. The van der Waals surface area contributed by atoms with E-state index in [-0.39, 0.29) is 17.1 Å². The number of aliphatic hydroxyl groups excluding tert-OH is 2. The van der Waals surface area contributed by atoms with Gasteiger partial charge in [-0.05, 0) is 0 Å². The van der Waals surface area contributed by atoms with Gasteiger partial charge >= 0.3 is 23.5 Å². The van der Waals surface area contributed by atoms with Gasteiger partial charge in [0.15, 0.2) is 17.4 Å². The Kier molecular flexibility index (Phi) is 6.78. The Morgan fingerprint density at radius 3 is 2.47 bits per heavy atom. The lowest BCUT2D eigenvalue weighted by molar-refractivity contribution is -0.0503. The average Bonchev–Trinajstić information content (AvgIpc) is 3.12. The van der Waals surface area contributed by atoms with Gasteiger partial charge in [-0.2, -0.15) is 13.6 Å². The first-order chi connectivity index (χ1) is 14.6. The number of aromatic nitrogens is 4. The topological polar surface area (TPSA) is 299 Å². The zero-order valence-corrected chi connectivity index (χ0v) is 17.9. The fourth-order valence-electron chi connectivity index (χ4n) is 2.69. The molecule has 1 saturated heterocycles. The average molecular weight is 522 g/mol. The highest BCUT2D eigenvalue weighted by Crippen LogP contribution is 2.67. The van der Waals surface area contributed by atoms with E-state index in [0.717, 1.165) is 10.9 Å². The van der Waals surface area contributed by atoms with Crippen LogP contribution in [0.2, 0.25) is 0 Å². The van der Waals surface area contributed by atoms with E-state index >= 15 is 0 Å². The number of fused-ring (bicyclic) bond motifs is 1. The van der Waals surface area contributed by atoms with Gasteiger partial charge in [0, 0.05) is 0 Å². The van der Waals surface area contributed by atoms with Gasteiger partial charge in [0.2, 0.25) is 5.95 Å². The fraction of sp³-hybridized carbons (Fsp3) is 0.500. The summed E-state index contributed by atoms with van der Waals surface area (Å²) >= 11 is 0. The summed E-state index contributed by atoms with van der Waals surface area (Å²) < 4.78 is 51.1. The number of rotatable bonds is 8. The normalized spacial score (nSPS) is 27.9. The van der Waals surface area contributed by atoms with Gasteiger partial charge in [-0.1, -0.05) is 0 Å². The predicted octanol–water partition coefficient (Wildman–Crippen LogP) is -1.90. The minimum atomic E-state index is -5.98. The quantitative estimate of drug-likeness (QED) is 0.186. The number of nitrogens with two attached hydrogens (primary N) is 1. The van der Waals surface area contributed by atoms with Gasteiger partial charge in [0.1, 0.15) is 18.3 Å². The van der Waals surface area contributed by atoms with Crippen molar-refractivity contribution in [3.8, 4) is 0 Å². The van der Waals surface area contributed by atoms with E-state index in [9.17, 15) is 38.5 Å². The molecule has 0 amide bonds. The number of H-pyrrole nitrogens is 1. The van der Waals surface area contributed by atoms with Gasteiger partial charge < -0.3 is 35.4 Å². The summed E-state index contributed by atoms with van der Waals surface area (Å²) in [5, 5.41) is 20.4. The van der Waals surface area contributed by atoms with Crippen molar-refractivity contribution in [2.75, 3.05) is 12.3 Å². The first kappa shape index (κ1) is 25.1. The van der Waals surface area contributed by atoms with Crippen LogP contribution in [0.25, 0.3) is 11.2 Å². The number of aromatic amines is 1. The lowest BCUT2D eigenvalue weighted by atomic mass is 10.1. The minimum absolute atomic E-state index is 0.123. The number of anilines is 1. The molecule has 3 heterocycles. The Morgan fingerprint density at radius 2 is 1.84 bits per heavy atom. The van der Waals surface area contributed by atoms with Gasteiger partial charge in [0.05, 0.1) is 12.9 Å². The van der Waals surface area contributed by atoms with Crippen LogP contribution in [-0.4, -0.2) is 69.3 Å². The molecular weight excluding hydrogens is 507 g/mol. The number of phosphoric acid groups is 2. The summed E-state index contributed by atoms with van der Waals surface area (Å²) in [5.74, 6) is -0.282. The number of hydrogen-bond donors (Lipinski definition) is 7. The largest absolute Gasteiger partial charge is 0.520 e. The molecule has 1 radical (unpaired) electrons. The molecule has 2 aromatic heterocycles. The van der Waals surface area contributed by atoms with Crippen LogP contribution in [0.5, 0.6) is 0 Å². The number of nitrogens with zero attached hydrogens (tertiary/aromatic N) is 3. The Bertz CT molecular complexity index is 1210. The highest BCUT2D eigenvalue weighted by molar-refractivity contribution is 7.66. The maximum absolute atomic E-state index is 11.8. The second-order valence-corrected chi connectivity index (χ2v) is 10.6. The molecule has 0 aliphatic carbocycles. The zero-order valence-electron chi connectivity index (χ0n) is 15.3. The number of nitrogens with one attached hydrogen (secondary N) is 1. The van der Waals surface area contributed by atoms with Crippen LogP contribution < -0.4 is 11.3 Å². The Hall–Kier alpha value is -1.56. The van der Waals surface area contributed by atoms with Crippen molar-refractivity contribution in [1.82, 2.24) is 19.5 Å². The standard InChI is InChI=1S/C10H15N5O14P3/c11-10-13-7-4(8(18)14-10)12-2-15(7)9-6(17)5(16)3(27-9)1-26-31(22,23)29-32(24,25)28-30(19,20)21/h2-3,5-6,9,16-17H,1H2,(H,22,23)(H2,19,20,21)(H3,11,13,14,18)/t3-,5-,6-,9-/m1/s1. The number of phosphoric ester groups is 1. The lowest BCUT2D eigenvalue weighted by Crippen LogP contribution is -2.33. The lowest BCUT2D eigenvalue weighted by Gasteiger charge is -2.18. The van der Waals surface area contributed by atoms with Gasteiger partial charge in [0.25, 0.3) is 5.56 Å². The third kappa shape index (κ3) is 5.67. The summed E-state index contributed by atoms with van der Waals surface area (Å²) in [7, 11) is -17.2. The van der Waals surface area contributed by atoms with Crippen molar-refractivity contribution in [2.45, 2.75) is 24.5 Å². The second-order valence-electron chi connectivity index (χ2n) is 6.19. The van der Waals surface area contributed by atoms with Crippen LogP contribution in [0.15, 0.2) is 11.1 Å². The summed E-state index contributed by atoms with van der Waals surface area (Å²) in [4.78, 5) is 59.3. The summed E-state index contributed by atoms with van der Waals surface area (Å²) in [5.41, 5.74) is 4.47. The van der Waals surface area contributed by atoms with Crippen LogP contribution in [0.3, 0.4) is 0 Å². The Balaban J connectivity index is 1.72. The summed E-state index contributed by atoms with van der Waals surface area (Å²) in [6, 6.07) is 0. The molecule has 8 N–H and O–H groups in total. The molecule has 2 aromatic rings. The van der Waals surface area contributed by atoms with Gasteiger partial charge in [-0.3, -0.25) is 18.9 Å². The van der Waals surface area contributed by atoms with Gasteiger partial charge in [-0.25, -0.2) is 18.7 Å². The van der Waals surface area contributed by atoms with Crippen LogP contribution >= 0.6 is 23.5 Å². The van der Waals surface area contributed by atoms with Crippen molar-refractivity contribution >= 4 is 40.6 Å². The number of nitrogen functional groups attached to an aromatic ring is 1. The SMILES string of the molecule is Nc1nc2c(ncn2[C@@H]2O[C@H](COP(=O)(O)OP([O])(=O)OP(=O)(O)O)[C@@H](O)[C@H]2O)c(=O)[nH]1. The van der Waals surface area contributed by atoms with E-state index in [1.807, 2.05) is 0 Å². The summed E-state index contributed by atoms with van der Waals surface area (Å²) in [6.45, 7) is -1.04. The van der Waals surface area contributed by atoms with E-state index in [0.29, 0.717) is 0 Å². The molecule has 1 aliphatic heterocycles. The predicted molar refractivity (Wildman–Crippen MR) is 96.8 cm³/mol. The Morgan fingerprint density at radius 1 is 1.19 bits per heavy atom. The zero-order chi connectivity index (χ0) is 24.1. The van der Waals surface area contributed by atoms with Crippen molar-refractivity contribution in [2.24, 2.45) is 0 Å². The molecule has 0 bridgehead atoms. The van der Waals surface area contributed by atoms with E-state index in [4.69, 9.17) is 20.3 Å². The maximum atomic E-state index is 11.8. The van der Waals surface area contributed by atoms with Crippen molar-refractivity contribution in [3.63, 3.8) is 0 Å². The molecule has 0 saturated carbocycles. The van der Waals surface area contributed by atoms with Crippen molar-refractivity contribution in [3.05, 3.63) is 16.7 Å². The van der Waals surface area contributed by atoms with Crippen molar-refractivity contribution < 1.29 is 61.4 Å². The van der Waals surface area contributed by atoms with Crippen LogP contribution in [0.4, 0.5) is 5.95 Å². The number of aliphatic hydroxyl groups is 2. The smallest absolute Gasteiger partial charge is 0.387 e. The second kappa shape index (κ2) is 8.66. The first-order valence-electron chi connectivity index (χ1n) is 8.09. The number of ether oxygens (including phenoxy) is 1. The molecule has 1 aliphatic rings. The fourth-order valence-corrected chi connectivity index (χ4v) is 5.65. The molecule has 0 spiro atoms. The van der Waals surface area contributed by atoms with Gasteiger partial charge in [-0.15, -0.1) is 4.89 Å². The first-order valence-corrected chi connectivity index (χ1v) is 12.6.